The van der Waals surface area contributed by atoms with Crippen molar-refractivity contribution < 1.29 is 9.21 Å². The first kappa shape index (κ1) is 12.3. The van der Waals surface area contributed by atoms with Gasteiger partial charge in [-0.15, -0.1) is 11.6 Å². The van der Waals surface area contributed by atoms with Gasteiger partial charge in [0.15, 0.2) is 0 Å². The summed E-state index contributed by atoms with van der Waals surface area (Å²) in [6, 6.07) is 7.70. The van der Waals surface area contributed by atoms with Gasteiger partial charge in [0, 0.05) is 12.1 Å². The Labute approximate surface area is 116 Å². The van der Waals surface area contributed by atoms with Crippen molar-refractivity contribution in [2.75, 3.05) is 6.54 Å². The fourth-order valence-corrected chi connectivity index (χ4v) is 2.74. The number of aryl methyl sites for hydroxylation is 1. The maximum Gasteiger partial charge on any atom is 0.251 e. The Morgan fingerprint density at radius 2 is 2.21 bits per heavy atom. The SMILES string of the molecule is Cc1ccoc1C(Cl)c1ccc2c(c1)C(=O)NCC2. The minimum atomic E-state index is -0.366. The van der Waals surface area contributed by atoms with Crippen LogP contribution in [0.2, 0.25) is 0 Å². The van der Waals surface area contributed by atoms with E-state index in [9.17, 15) is 4.79 Å². The molecule has 1 N–H and O–H groups in total. The summed E-state index contributed by atoms with van der Waals surface area (Å²) in [5.74, 6) is 0.709. The van der Waals surface area contributed by atoms with Crippen molar-refractivity contribution in [2.24, 2.45) is 0 Å². The molecule has 1 aromatic heterocycles. The molecule has 0 radical (unpaired) electrons. The van der Waals surface area contributed by atoms with Crippen LogP contribution in [0.1, 0.15) is 38.2 Å². The van der Waals surface area contributed by atoms with Gasteiger partial charge in [-0.1, -0.05) is 12.1 Å². The van der Waals surface area contributed by atoms with Crippen molar-refractivity contribution in [3.05, 3.63) is 58.5 Å². The zero-order valence-electron chi connectivity index (χ0n) is 10.6. The normalized spacial score (nSPS) is 15.8. The van der Waals surface area contributed by atoms with Gasteiger partial charge in [-0.05, 0) is 42.2 Å². The summed E-state index contributed by atoms with van der Waals surface area (Å²) in [4.78, 5) is 11.8. The number of benzene rings is 1. The summed E-state index contributed by atoms with van der Waals surface area (Å²) in [7, 11) is 0. The van der Waals surface area contributed by atoms with Crippen LogP contribution in [0, 0.1) is 6.92 Å². The third-order valence-electron chi connectivity index (χ3n) is 3.48. The Bertz CT molecular complexity index is 633. The number of furan rings is 1. The van der Waals surface area contributed by atoms with Crippen molar-refractivity contribution in [1.29, 1.82) is 0 Å². The number of carbonyl (C=O) groups is 1. The lowest BCUT2D eigenvalue weighted by Gasteiger charge is -2.18. The highest BCUT2D eigenvalue weighted by Crippen LogP contribution is 2.33. The average Bonchev–Trinajstić information content (AvgIpc) is 2.84. The molecule has 0 bridgehead atoms. The lowest BCUT2D eigenvalue weighted by Crippen LogP contribution is -2.31. The number of halogens is 1. The van der Waals surface area contributed by atoms with Crippen LogP contribution >= 0.6 is 11.6 Å². The Morgan fingerprint density at radius 3 is 2.95 bits per heavy atom. The minimum absolute atomic E-state index is 0.0249. The maximum atomic E-state index is 11.8. The molecular weight excluding hydrogens is 262 g/mol. The van der Waals surface area contributed by atoms with E-state index in [0.717, 1.165) is 34.4 Å². The molecule has 1 atom stereocenters. The van der Waals surface area contributed by atoms with E-state index in [4.69, 9.17) is 16.0 Å². The average molecular weight is 276 g/mol. The molecule has 1 amide bonds. The van der Waals surface area contributed by atoms with Crippen LogP contribution in [0.4, 0.5) is 0 Å². The largest absolute Gasteiger partial charge is 0.467 e. The summed E-state index contributed by atoms with van der Waals surface area (Å²) < 4.78 is 5.42. The van der Waals surface area contributed by atoms with Crippen molar-refractivity contribution in [1.82, 2.24) is 5.32 Å². The van der Waals surface area contributed by atoms with Gasteiger partial charge in [0.2, 0.25) is 0 Å². The van der Waals surface area contributed by atoms with Crippen molar-refractivity contribution >= 4 is 17.5 Å². The van der Waals surface area contributed by atoms with Gasteiger partial charge in [0.25, 0.3) is 5.91 Å². The Kier molecular flexibility index (Phi) is 3.07. The molecule has 1 aliphatic heterocycles. The third-order valence-corrected chi connectivity index (χ3v) is 3.93. The molecule has 1 aliphatic rings. The number of rotatable bonds is 2. The first-order chi connectivity index (χ1) is 9.16. The van der Waals surface area contributed by atoms with E-state index in [1.54, 1.807) is 6.26 Å². The highest BCUT2D eigenvalue weighted by molar-refractivity contribution is 6.22. The Morgan fingerprint density at radius 1 is 1.37 bits per heavy atom. The van der Waals surface area contributed by atoms with Gasteiger partial charge in [0.05, 0.1) is 6.26 Å². The number of amides is 1. The zero-order chi connectivity index (χ0) is 13.4. The molecule has 2 heterocycles. The molecule has 0 aliphatic carbocycles. The molecular formula is C15H14ClNO2. The first-order valence-corrected chi connectivity index (χ1v) is 6.69. The van der Waals surface area contributed by atoms with E-state index in [1.807, 2.05) is 31.2 Å². The second kappa shape index (κ2) is 4.74. The summed E-state index contributed by atoms with van der Waals surface area (Å²) in [5.41, 5.74) is 3.70. The maximum absolute atomic E-state index is 11.8. The number of hydrogen-bond acceptors (Lipinski definition) is 2. The van der Waals surface area contributed by atoms with Crippen molar-refractivity contribution in [3.8, 4) is 0 Å². The fraction of sp³-hybridized carbons (Fsp3) is 0.267. The predicted octanol–water partition coefficient (Wildman–Crippen LogP) is 3.20. The predicted molar refractivity (Wildman–Crippen MR) is 73.6 cm³/mol. The van der Waals surface area contributed by atoms with Crippen LogP contribution < -0.4 is 5.32 Å². The summed E-state index contributed by atoms with van der Waals surface area (Å²) in [5, 5.41) is 2.48. The van der Waals surface area contributed by atoms with Gasteiger partial charge in [-0.25, -0.2) is 0 Å². The van der Waals surface area contributed by atoms with Gasteiger partial charge < -0.3 is 9.73 Å². The van der Waals surface area contributed by atoms with E-state index < -0.39 is 0 Å². The molecule has 4 heteroatoms. The number of hydrogen-bond donors (Lipinski definition) is 1. The van der Waals surface area contributed by atoms with E-state index in [-0.39, 0.29) is 11.3 Å². The van der Waals surface area contributed by atoms with Gasteiger partial charge in [-0.2, -0.15) is 0 Å². The minimum Gasteiger partial charge on any atom is -0.467 e. The number of fused-ring (bicyclic) bond motifs is 1. The quantitative estimate of drug-likeness (QED) is 0.855. The van der Waals surface area contributed by atoms with Crippen LogP contribution in [0.3, 0.4) is 0 Å². The van der Waals surface area contributed by atoms with E-state index in [0.29, 0.717) is 6.54 Å². The van der Waals surface area contributed by atoms with Gasteiger partial charge >= 0.3 is 0 Å². The zero-order valence-corrected chi connectivity index (χ0v) is 11.3. The molecule has 0 fully saturated rings. The van der Waals surface area contributed by atoms with Crippen molar-refractivity contribution in [2.45, 2.75) is 18.7 Å². The summed E-state index contributed by atoms with van der Waals surface area (Å²) in [6.45, 7) is 2.66. The van der Waals surface area contributed by atoms with Crippen LogP contribution in [-0.4, -0.2) is 12.5 Å². The number of alkyl halides is 1. The molecule has 1 aromatic carbocycles. The van der Waals surface area contributed by atoms with Crippen LogP contribution in [0.25, 0.3) is 0 Å². The third kappa shape index (κ3) is 2.15. The van der Waals surface area contributed by atoms with E-state index in [2.05, 4.69) is 5.32 Å². The van der Waals surface area contributed by atoms with Crippen molar-refractivity contribution in [3.63, 3.8) is 0 Å². The molecule has 0 saturated carbocycles. The van der Waals surface area contributed by atoms with Crippen LogP contribution in [0.15, 0.2) is 34.9 Å². The topological polar surface area (TPSA) is 42.2 Å². The highest BCUT2D eigenvalue weighted by Gasteiger charge is 2.21. The molecule has 98 valence electrons. The van der Waals surface area contributed by atoms with Crippen LogP contribution in [-0.2, 0) is 6.42 Å². The molecule has 19 heavy (non-hydrogen) atoms. The fourth-order valence-electron chi connectivity index (χ4n) is 2.38. The van der Waals surface area contributed by atoms with E-state index >= 15 is 0 Å². The molecule has 1 unspecified atom stereocenters. The summed E-state index contributed by atoms with van der Waals surface area (Å²) in [6.07, 6.45) is 2.50. The summed E-state index contributed by atoms with van der Waals surface area (Å²) >= 11 is 6.44. The van der Waals surface area contributed by atoms with Gasteiger partial charge in [0.1, 0.15) is 11.1 Å². The molecule has 3 rings (SSSR count). The molecule has 2 aromatic rings. The first-order valence-electron chi connectivity index (χ1n) is 6.26. The number of carbonyl (C=O) groups excluding carboxylic acids is 1. The smallest absolute Gasteiger partial charge is 0.251 e. The molecule has 3 nitrogen and oxygen atoms in total. The standard InChI is InChI=1S/C15H14ClNO2/c1-9-5-7-19-14(9)13(16)11-3-2-10-4-6-17-15(18)12(10)8-11/h2-3,5,7-8,13H,4,6H2,1H3,(H,17,18). The second-order valence-electron chi connectivity index (χ2n) is 4.75. The molecule has 0 saturated heterocycles. The Balaban J connectivity index is 2.00. The Hall–Kier alpha value is -1.74. The second-order valence-corrected chi connectivity index (χ2v) is 5.19. The lowest BCUT2D eigenvalue weighted by molar-refractivity contribution is 0.0946. The molecule has 0 spiro atoms. The monoisotopic (exact) mass is 275 g/mol. The van der Waals surface area contributed by atoms with E-state index in [1.165, 1.54) is 0 Å². The van der Waals surface area contributed by atoms with Crippen LogP contribution in [0.5, 0.6) is 0 Å². The van der Waals surface area contributed by atoms with Gasteiger partial charge in [-0.3, -0.25) is 4.79 Å². The number of nitrogens with one attached hydrogen (secondary N) is 1. The lowest BCUT2D eigenvalue weighted by atomic mass is 9.96. The highest BCUT2D eigenvalue weighted by atomic mass is 35.5.